The Morgan fingerprint density at radius 2 is 1.84 bits per heavy atom. The van der Waals surface area contributed by atoms with Crippen molar-refractivity contribution in [1.29, 1.82) is 0 Å². The molecule has 0 aliphatic carbocycles. The normalized spacial score (nSPS) is 10.3. The zero-order chi connectivity index (χ0) is 14.3. The van der Waals surface area contributed by atoms with Gasteiger partial charge in [0, 0.05) is 32.5 Å². The first-order valence-electron chi connectivity index (χ1n) is 6.58. The Morgan fingerprint density at radius 3 is 2.37 bits per heavy atom. The summed E-state index contributed by atoms with van der Waals surface area (Å²) >= 11 is 0. The molecule has 0 spiro atoms. The molecule has 1 N–H and O–H groups in total. The molecule has 0 aliphatic rings. The molecular weight excluding hydrogens is 240 g/mol. The predicted molar refractivity (Wildman–Crippen MR) is 75.4 cm³/mol. The quantitative estimate of drug-likeness (QED) is 0.852. The number of hydrogen-bond acceptors (Lipinski definition) is 2. The molecule has 104 valence electrons. The SMILES string of the molecule is CC(=O)N(CCC(=O)NCc1ccccc1)C(C)C. The number of nitrogens with one attached hydrogen (secondary N) is 1. The van der Waals surface area contributed by atoms with E-state index < -0.39 is 0 Å². The highest BCUT2D eigenvalue weighted by molar-refractivity contribution is 5.78. The van der Waals surface area contributed by atoms with Crippen LogP contribution in [0.1, 0.15) is 32.8 Å². The second-order valence-electron chi connectivity index (χ2n) is 4.82. The van der Waals surface area contributed by atoms with Crippen LogP contribution in [-0.2, 0) is 16.1 Å². The second kappa shape index (κ2) is 7.56. The average Bonchev–Trinajstić information content (AvgIpc) is 2.37. The molecule has 0 atom stereocenters. The van der Waals surface area contributed by atoms with Crippen LogP contribution >= 0.6 is 0 Å². The largest absolute Gasteiger partial charge is 0.352 e. The van der Waals surface area contributed by atoms with E-state index in [9.17, 15) is 9.59 Å². The van der Waals surface area contributed by atoms with Crippen LogP contribution in [0.15, 0.2) is 30.3 Å². The first-order valence-corrected chi connectivity index (χ1v) is 6.58. The number of hydrogen-bond donors (Lipinski definition) is 1. The van der Waals surface area contributed by atoms with Crippen molar-refractivity contribution < 1.29 is 9.59 Å². The topological polar surface area (TPSA) is 49.4 Å². The zero-order valence-electron chi connectivity index (χ0n) is 11.8. The van der Waals surface area contributed by atoms with Crippen molar-refractivity contribution in [2.45, 2.75) is 39.8 Å². The Balaban J connectivity index is 2.33. The minimum Gasteiger partial charge on any atom is -0.352 e. The van der Waals surface area contributed by atoms with Gasteiger partial charge in [-0.3, -0.25) is 9.59 Å². The van der Waals surface area contributed by atoms with Crippen molar-refractivity contribution in [3.8, 4) is 0 Å². The van der Waals surface area contributed by atoms with E-state index in [2.05, 4.69) is 5.32 Å². The Morgan fingerprint density at radius 1 is 1.21 bits per heavy atom. The van der Waals surface area contributed by atoms with Gasteiger partial charge in [-0.15, -0.1) is 0 Å². The molecule has 0 aromatic heterocycles. The van der Waals surface area contributed by atoms with E-state index >= 15 is 0 Å². The number of benzene rings is 1. The highest BCUT2D eigenvalue weighted by atomic mass is 16.2. The smallest absolute Gasteiger partial charge is 0.222 e. The molecule has 4 heteroatoms. The standard InChI is InChI=1S/C15H22N2O2/c1-12(2)17(13(3)18)10-9-15(19)16-11-14-7-5-4-6-8-14/h4-8,12H,9-11H2,1-3H3,(H,16,19). The van der Waals surface area contributed by atoms with Crippen molar-refractivity contribution in [2.75, 3.05) is 6.54 Å². The summed E-state index contributed by atoms with van der Waals surface area (Å²) in [5.74, 6) is -0.0263. The molecule has 0 radical (unpaired) electrons. The first kappa shape index (κ1) is 15.2. The maximum absolute atomic E-state index is 11.7. The van der Waals surface area contributed by atoms with Gasteiger partial charge in [0.25, 0.3) is 0 Å². The fourth-order valence-corrected chi connectivity index (χ4v) is 1.89. The molecule has 2 amide bonds. The molecule has 4 nitrogen and oxygen atoms in total. The van der Waals surface area contributed by atoms with Gasteiger partial charge < -0.3 is 10.2 Å². The van der Waals surface area contributed by atoms with Gasteiger partial charge in [-0.2, -0.15) is 0 Å². The minimum absolute atomic E-state index is 0.00543. The summed E-state index contributed by atoms with van der Waals surface area (Å²) in [5, 5.41) is 2.86. The van der Waals surface area contributed by atoms with E-state index in [0.717, 1.165) is 5.56 Å². The molecule has 1 aromatic rings. The molecule has 0 saturated carbocycles. The number of carbonyl (C=O) groups excluding carboxylic acids is 2. The van der Waals surface area contributed by atoms with Gasteiger partial charge in [0.1, 0.15) is 0 Å². The van der Waals surface area contributed by atoms with E-state index in [1.54, 1.807) is 4.90 Å². The van der Waals surface area contributed by atoms with Crippen molar-refractivity contribution in [2.24, 2.45) is 0 Å². The summed E-state index contributed by atoms with van der Waals surface area (Å²) in [4.78, 5) is 24.8. The van der Waals surface area contributed by atoms with Crippen LogP contribution in [0.2, 0.25) is 0 Å². The van der Waals surface area contributed by atoms with Gasteiger partial charge in [0.2, 0.25) is 11.8 Å². The number of rotatable bonds is 6. The van der Waals surface area contributed by atoms with Crippen molar-refractivity contribution >= 4 is 11.8 Å². The highest BCUT2D eigenvalue weighted by Crippen LogP contribution is 2.01. The second-order valence-corrected chi connectivity index (χ2v) is 4.82. The molecule has 0 aliphatic heterocycles. The molecule has 1 aromatic carbocycles. The van der Waals surface area contributed by atoms with Crippen LogP contribution in [0.4, 0.5) is 0 Å². The fourth-order valence-electron chi connectivity index (χ4n) is 1.89. The zero-order valence-corrected chi connectivity index (χ0v) is 11.8. The molecular formula is C15H22N2O2. The van der Waals surface area contributed by atoms with Gasteiger partial charge in [-0.25, -0.2) is 0 Å². The molecule has 0 saturated heterocycles. The maximum Gasteiger partial charge on any atom is 0.222 e. The van der Waals surface area contributed by atoms with Crippen LogP contribution in [-0.4, -0.2) is 29.3 Å². The van der Waals surface area contributed by atoms with Gasteiger partial charge in [0.05, 0.1) is 0 Å². The van der Waals surface area contributed by atoms with Gasteiger partial charge in [-0.05, 0) is 19.4 Å². The summed E-state index contributed by atoms with van der Waals surface area (Å²) in [5.41, 5.74) is 1.07. The number of amides is 2. The molecule has 19 heavy (non-hydrogen) atoms. The number of carbonyl (C=O) groups is 2. The molecule has 0 fully saturated rings. The summed E-state index contributed by atoms with van der Waals surface area (Å²) < 4.78 is 0. The van der Waals surface area contributed by atoms with Crippen molar-refractivity contribution in [3.05, 3.63) is 35.9 Å². The van der Waals surface area contributed by atoms with E-state index in [1.807, 2.05) is 44.2 Å². The van der Waals surface area contributed by atoms with Crippen molar-refractivity contribution in [3.63, 3.8) is 0 Å². The Bertz CT molecular complexity index is 415. The molecule has 0 bridgehead atoms. The van der Waals surface area contributed by atoms with Crippen molar-refractivity contribution in [1.82, 2.24) is 10.2 Å². The third-order valence-electron chi connectivity index (χ3n) is 2.94. The van der Waals surface area contributed by atoms with E-state index in [1.165, 1.54) is 6.92 Å². The van der Waals surface area contributed by atoms with Gasteiger partial charge in [0.15, 0.2) is 0 Å². The first-order chi connectivity index (χ1) is 9.00. The Kier molecular flexibility index (Phi) is 6.06. The lowest BCUT2D eigenvalue weighted by atomic mass is 10.2. The summed E-state index contributed by atoms with van der Waals surface area (Å²) in [6.07, 6.45) is 0.338. The van der Waals surface area contributed by atoms with Crippen LogP contribution in [0.3, 0.4) is 0 Å². The van der Waals surface area contributed by atoms with Crippen LogP contribution < -0.4 is 5.32 Å². The molecule has 0 heterocycles. The Hall–Kier alpha value is -1.84. The third-order valence-corrected chi connectivity index (χ3v) is 2.94. The lowest BCUT2D eigenvalue weighted by molar-refractivity contribution is -0.131. The molecule has 1 rings (SSSR count). The molecule has 0 unspecified atom stereocenters. The summed E-state index contributed by atoms with van der Waals surface area (Å²) in [6.45, 7) is 6.42. The van der Waals surface area contributed by atoms with E-state index in [0.29, 0.717) is 19.5 Å². The maximum atomic E-state index is 11.7. The monoisotopic (exact) mass is 262 g/mol. The van der Waals surface area contributed by atoms with E-state index in [4.69, 9.17) is 0 Å². The lowest BCUT2D eigenvalue weighted by Gasteiger charge is -2.24. The Labute approximate surface area is 114 Å². The minimum atomic E-state index is -0.0317. The average molecular weight is 262 g/mol. The number of nitrogens with zero attached hydrogens (tertiary/aromatic N) is 1. The lowest BCUT2D eigenvalue weighted by Crippen LogP contribution is -2.38. The van der Waals surface area contributed by atoms with Crippen LogP contribution in [0, 0.1) is 0 Å². The third kappa shape index (κ3) is 5.55. The summed E-state index contributed by atoms with van der Waals surface area (Å²) in [7, 11) is 0. The highest BCUT2D eigenvalue weighted by Gasteiger charge is 2.13. The summed E-state index contributed by atoms with van der Waals surface area (Å²) in [6, 6.07) is 9.89. The fraction of sp³-hybridized carbons (Fsp3) is 0.467. The van der Waals surface area contributed by atoms with Gasteiger partial charge in [-0.1, -0.05) is 30.3 Å². The van der Waals surface area contributed by atoms with Gasteiger partial charge >= 0.3 is 0 Å². The van der Waals surface area contributed by atoms with Crippen LogP contribution in [0.25, 0.3) is 0 Å². The predicted octanol–water partition coefficient (Wildman–Crippen LogP) is 1.95. The van der Waals surface area contributed by atoms with Crippen LogP contribution in [0.5, 0.6) is 0 Å². The van der Waals surface area contributed by atoms with E-state index in [-0.39, 0.29) is 17.9 Å².